The molecule has 200 valence electrons. The summed E-state index contributed by atoms with van der Waals surface area (Å²) in [6.07, 6.45) is 3.93. The molecule has 0 fully saturated rings. The Hall–Kier alpha value is -3.75. The smallest absolute Gasteiger partial charge is 0.185 e. The molecule has 5 rings (SSSR count). The molecule has 0 aliphatic carbocycles. The maximum absolute atomic E-state index is 5.46. The second kappa shape index (κ2) is 12.9. The summed E-state index contributed by atoms with van der Waals surface area (Å²) >= 11 is 1.85. The van der Waals surface area contributed by atoms with E-state index in [0.717, 1.165) is 32.2 Å². The molecule has 39 heavy (non-hydrogen) atoms. The third-order valence-corrected chi connectivity index (χ3v) is 8.05. The van der Waals surface area contributed by atoms with Crippen molar-refractivity contribution < 1.29 is 0 Å². The predicted molar refractivity (Wildman–Crippen MR) is 168 cm³/mol. The Bertz CT molecular complexity index is 1580. The second-order valence-electron chi connectivity index (χ2n) is 9.75. The topological polar surface area (TPSA) is 114 Å². The molecule has 8 N–H and O–H groups in total. The molecule has 7 heteroatoms. The molecule has 0 aliphatic heterocycles. The summed E-state index contributed by atoms with van der Waals surface area (Å²) in [4.78, 5) is 4.10. The Morgan fingerprint density at radius 1 is 0.667 bits per heavy atom. The summed E-state index contributed by atoms with van der Waals surface area (Å²) in [5.74, 6) is 0.153. The zero-order valence-electron chi connectivity index (χ0n) is 22.1. The van der Waals surface area contributed by atoms with Crippen molar-refractivity contribution in [2.24, 2.45) is 22.2 Å². The minimum atomic E-state index is 0.153. The van der Waals surface area contributed by atoms with Gasteiger partial charge in [-0.1, -0.05) is 60.7 Å². The Balaban J connectivity index is 1.39. The summed E-state index contributed by atoms with van der Waals surface area (Å²) in [7, 11) is 0. The molecule has 0 amide bonds. The fraction of sp³-hybridized carbons (Fsp3) is 0.219. The summed E-state index contributed by atoms with van der Waals surface area (Å²) in [6.45, 7) is 1.97. The first-order valence-corrected chi connectivity index (χ1v) is 14.3. The SMILES string of the molecule is NCNNCCCc1cccc(-c2ccc3sc4ccc(-c5cccc(CCCN=C(N)N)c5)cc4c3c2)c1. The van der Waals surface area contributed by atoms with Crippen LogP contribution < -0.4 is 28.1 Å². The number of hydrogen-bond donors (Lipinski definition) is 5. The molecule has 0 saturated heterocycles. The van der Waals surface area contributed by atoms with Crippen molar-refractivity contribution in [2.45, 2.75) is 25.7 Å². The van der Waals surface area contributed by atoms with Gasteiger partial charge in [-0.25, -0.2) is 5.43 Å². The van der Waals surface area contributed by atoms with E-state index in [0.29, 0.717) is 13.2 Å². The number of benzene rings is 4. The monoisotopic (exact) mass is 536 g/mol. The van der Waals surface area contributed by atoms with Crippen LogP contribution in [-0.2, 0) is 12.8 Å². The van der Waals surface area contributed by atoms with Gasteiger partial charge in [-0.15, -0.1) is 11.3 Å². The molecule has 0 spiro atoms. The Morgan fingerprint density at radius 2 is 1.23 bits per heavy atom. The van der Waals surface area contributed by atoms with E-state index in [1.165, 1.54) is 53.6 Å². The molecule has 0 saturated carbocycles. The van der Waals surface area contributed by atoms with Crippen molar-refractivity contribution in [2.75, 3.05) is 19.8 Å². The lowest BCUT2D eigenvalue weighted by Crippen LogP contribution is -2.37. The van der Waals surface area contributed by atoms with Crippen molar-refractivity contribution in [1.29, 1.82) is 0 Å². The number of guanidine groups is 1. The minimum Gasteiger partial charge on any atom is -0.370 e. The highest BCUT2D eigenvalue weighted by atomic mass is 32.1. The number of aliphatic imine (C=N–C) groups is 1. The van der Waals surface area contributed by atoms with E-state index < -0.39 is 0 Å². The number of aryl methyl sites for hydroxylation is 2. The molecule has 0 atom stereocenters. The maximum atomic E-state index is 5.46. The molecule has 1 heterocycles. The third kappa shape index (κ3) is 6.82. The van der Waals surface area contributed by atoms with Gasteiger partial charge >= 0.3 is 0 Å². The summed E-state index contributed by atoms with van der Waals surface area (Å²) in [6, 6.07) is 31.4. The fourth-order valence-corrected chi connectivity index (χ4v) is 6.05. The number of rotatable bonds is 12. The zero-order valence-corrected chi connectivity index (χ0v) is 22.9. The minimum absolute atomic E-state index is 0.153. The van der Waals surface area contributed by atoms with Crippen LogP contribution in [0.2, 0.25) is 0 Å². The van der Waals surface area contributed by atoms with E-state index in [2.05, 4.69) is 101 Å². The third-order valence-electron chi connectivity index (χ3n) is 6.90. The number of thiophene rings is 1. The maximum Gasteiger partial charge on any atom is 0.185 e. The quantitative estimate of drug-likeness (QED) is 0.0472. The van der Waals surface area contributed by atoms with E-state index in [4.69, 9.17) is 17.2 Å². The van der Waals surface area contributed by atoms with Crippen LogP contribution in [0.1, 0.15) is 24.0 Å². The Labute approximate surface area is 233 Å². The zero-order chi connectivity index (χ0) is 27.0. The lowest BCUT2D eigenvalue weighted by molar-refractivity contribution is 0.530. The molecule has 1 aromatic heterocycles. The van der Waals surface area contributed by atoms with Crippen molar-refractivity contribution >= 4 is 37.5 Å². The largest absolute Gasteiger partial charge is 0.370 e. The average molecular weight is 537 g/mol. The van der Waals surface area contributed by atoms with Gasteiger partial charge in [0.05, 0.1) is 6.67 Å². The standard InChI is InChI=1S/C32H36N6S/c33-21-38-37-16-4-8-23-6-2-10-25(18-23)27-12-14-31-29(20-27)28-19-26(11-13-30(28)39-31)24-9-1-5-22(17-24)7-3-15-36-32(34)35/h1-2,5-6,9-14,17-20,37-38H,3-4,7-8,15-16,21,33H2,(H4,34,35,36). The van der Waals surface area contributed by atoms with Gasteiger partial charge in [0.15, 0.2) is 5.96 Å². The molecule has 6 nitrogen and oxygen atoms in total. The van der Waals surface area contributed by atoms with Crippen molar-refractivity contribution in [3.63, 3.8) is 0 Å². The first-order valence-electron chi connectivity index (χ1n) is 13.5. The lowest BCUT2D eigenvalue weighted by Gasteiger charge is -2.08. The molecular formula is C32H36N6S. The number of fused-ring (bicyclic) bond motifs is 3. The molecule has 0 unspecified atom stereocenters. The van der Waals surface area contributed by atoms with Gasteiger partial charge in [0.2, 0.25) is 0 Å². The summed E-state index contributed by atoms with van der Waals surface area (Å²) in [5, 5.41) is 2.62. The van der Waals surface area contributed by atoms with Crippen LogP contribution in [0.25, 0.3) is 42.4 Å². The van der Waals surface area contributed by atoms with Crippen molar-refractivity contribution in [3.05, 3.63) is 96.1 Å². The predicted octanol–water partition coefficient (Wildman–Crippen LogP) is 5.54. The number of nitrogens with one attached hydrogen (secondary N) is 2. The molecule has 4 aromatic carbocycles. The highest BCUT2D eigenvalue weighted by Gasteiger charge is 2.10. The van der Waals surface area contributed by atoms with Crippen molar-refractivity contribution in [3.8, 4) is 22.3 Å². The van der Waals surface area contributed by atoms with E-state index in [-0.39, 0.29) is 5.96 Å². The molecule has 0 radical (unpaired) electrons. The highest BCUT2D eigenvalue weighted by Crippen LogP contribution is 2.38. The summed E-state index contributed by atoms with van der Waals surface area (Å²) in [5.41, 5.74) is 30.1. The van der Waals surface area contributed by atoms with E-state index in [9.17, 15) is 0 Å². The van der Waals surface area contributed by atoms with Crippen LogP contribution >= 0.6 is 11.3 Å². The normalized spacial score (nSPS) is 11.3. The van der Waals surface area contributed by atoms with Gasteiger partial charge in [0.25, 0.3) is 0 Å². The fourth-order valence-electron chi connectivity index (χ4n) is 4.98. The van der Waals surface area contributed by atoms with Gasteiger partial charge in [-0.05, 0) is 83.3 Å². The van der Waals surface area contributed by atoms with E-state index >= 15 is 0 Å². The van der Waals surface area contributed by atoms with Gasteiger partial charge in [0, 0.05) is 33.3 Å². The van der Waals surface area contributed by atoms with Gasteiger partial charge < -0.3 is 17.2 Å². The molecular weight excluding hydrogens is 500 g/mol. The number of nitrogens with zero attached hydrogens (tertiary/aromatic N) is 1. The highest BCUT2D eigenvalue weighted by molar-refractivity contribution is 7.25. The molecule has 5 aromatic rings. The van der Waals surface area contributed by atoms with Crippen LogP contribution in [0.3, 0.4) is 0 Å². The van der Waals surface area contributed by atoms with Gasteiger partial charge in [0.1, 0.15) is 0 Å². The van der Waals surface area contributed by atoms with Gasteiger partial charge in [-0.3, -0.25) is 10.4 Å². The van der Waals surface area contributed by atoms with Crippen LogP contribution in [0, 0.1) is 0 Å². The van der Waals surface area contributed by atoms with Crippen LogP contribution in [0.5, 0.6) is 0 Å². The first-order chi connectivity index (χ1) is 19.1. The number of hydrogen-bond acceptors (Lipinski definition) is 5. The Kier molecular flexibility index (Phi) is 8.85. The second-order valence-corrected chi connectivity index (χ2v) is 10.8. The average Bonchev–Trinajstić information content (AvgIpc) is 3.33. The number of hydrazine groups is 1. The van der Waals surface area contributed by atoms with Crippen LogP contribution in [0.15, 0.2) is 89.9 Å². The number of nitrogens with two attached hydrogens (primary N) is 3. The van der Waals surface area contributed by atoms with E-state index in [1.807, 2.05) is 11.3 Å². The van der Waals surface area contributed by atoms with Gasteiger partial charge in [-0.2, -0.15) is 0 Å². The van der Waals surface area contributed by atoms with E-state index in [1.54, 1.807) is 0 Å². The molecule has 0 aliphatic rings. The first kappa shape index (κ1) is 26.8. The lowest BCUT2D eigenvalue weighted by atomic mass is 9.97. The van der Waals surface area contributed by atoms with Crippen molar-refractivity contribution in [1.82, 2.24) is 10.9 Å². The summed E-state index contributed by atoms with van der Waals surface area (Å²) < 4.78 is 2.63. The van der Waals surface area contributed by atoms with Crippen LogP contribution in [-0.4, -0.2) is 25.7 Å². The Morgan fingerprint density at radius 3 is 1.79 bits per heavy atom. The molecule has 0 bridgehead atoms. The van der Waals surface area contributed by atoms with Crippen LogP contribution in [0.4, 0.5) is 0 Å².